The largest absolute Gasteiger partial charge is 0.493 e. The van der Waals surface area contributed by atoms with Crippen molar-refractivity contribution in [3.05, 3.63) is 23.3 Å². The molecule has 0 amide bonds. The summed E-state index contributed by atoms with van der Waals surface area (Å²) in [6.45, 7) is 2.02. The molecule has 0 saturated heterocycles. The van der Waals surface area contributed by atoms with E-state index in [1.54, 1.807) is 14.2 Å². The maximum atomic E-state index is 6.59. The number of hydrogen-bond donors (Lipinski definition) is 1. The minimum absolute atomic E-state index is 0.259. The molecule has 1 aliphatic rings. The van der Waals surface area contributed by atoms with E-state index in [9.17, 15) is 0 Å². The van der Waals surface area contributed by atoms with Gasteiger partial charge in [0.05, 0.1) is 14.2 Å². The van der Waals surface area contributed by atoms with E-state index in [-0.39, 0.29) is 5.54 Å². The van der Waals surface area contributed by atoms with Gasteiger partial charge in [-0.05, 0) is 25.3 Å². The topological polar surface area (TPSA) is 44.5 Å². The van der Waals surface area contributed by atoms with Crippen molar-refractivity contribution in [3.63, 3.8) is 0 Å². The molecule has 0 heterocycles. The van der Waals surface area contributed by atoms with E-state index >= 15 is 0 Å². The Morgan fingerprint density at radius 2 is 1.61 bits per heavy atom. The molecule has 100 valence electrons. The first-order valence-electron chi connectivity index (χ1n) is 6.63. The average Bonchev–Trinajstić information content (AvgIpc) is 2.38. The van der Waals surface area contributed by atoms with Crippen LogP contribution in [0.5, 0.6) is 11.5 Å². The number of methoxy groups -OCH3 is 2. The van der Waals surface area contributed by atoms with Gasteiger partial charge in [-0.3, -0.25) is 0 Å². The van der Waals surface area contributed by atoms with Crippen molar-refractivity contribution in [2.45, 2.75) is 44.6 Å². The highest BCUT2D eigenvalue weighted by Crippen LogP contribution is 2.44. The smallest absolute Gasteiger partial charge is 0.166 e. The van der Waals surface area contributed by atoms with Gasteiger partial charge in [-0.1, -0.05) is 31.4 Å². The lowest BCUT2D eigenvalue weighted by atomic mass is 9.77. The molecule has 0 spiro atoms. The second-order valence-electron chi connectivity index (χ2n) is 5.21. The monoisotopic (exact) mass is 249 g/mol. The second kappa shape index (κ2) is 5.19. The molecule has 0 radical (unpaired) electrons. The Balaban J connectivity index is 2.49. The summed E-state index contributed by atoms with van der Waals surface area (Å²) in [6, 6.07) is 4.17. The van der Waals surface area contributed by atoms with Gasteiger partial charge >= 0.3 is 0 Å². The summed E-state index contributed by atoms with van der Waals surface area (Å²) < 4.78 is 11.0. The minimum atomic E-state index is -0.259. The molecule has 0 aromatic heterocycles. The molecular weight excluding hydrogens is 226 g/mol. The van der Waals surface area contributed by atoms with E-state index in [2.05, 4.69) is 12.1 Å². The first-order valence-corrected chi connectivity index (χ1v) is 6.63. The molecule has 0 atom stereocenters. The van der Waals surface area contributed by atoms with Gasteiger partial charge in [0.15, 0.2) is 11.5 Å². The Morgan fingerprint density at radius 3 is 2.17 bits per heavy atom. The first kappa shape index (κ1) is 13.2. The van der Waals surface area contributed by atoms with Gasteiger partial charge in [0.25, 0.3) is 0 Å². The fourth-order valence-electron chi connectivity index (χ4n) is 2.96. The third kappa shape index (κ3) is 2.19. The highest BCUT2D eigenvalue weighted by molar-refractivity contribution is 5.54. The predicted molar refractivity (Wildman–Crippen MR) is 73.2 cm³/mol. The van der Waals surface area contributed by atoms with Gasteiger partial charge in [-0.2, -0.15) is 0 Å². The Kier molecular flexibility index (Phi) is 3.81. The number of benzene rings is 1. The van der Waals surface area contributed by atoms with Crippen molar-refractivity contribution in [2.75, 3.05) is 14.2 Å². The van der Waals surface area contributed by atoms with Gasteiger partial charge in [0, 0.05) is 11.1 Å². The van der Waals surface area contributed by atoms with Gasteiger partial charge in [-0.15, -0.1) is 0 Å². The molecular formula is C15H23NO2. The van der Waals surface area contributed by atoms with E-state index in [0.29, 0.717) is 0 Å². The summed E-state index contributed by atoms with van der Waals surface area (Å²) in [7, 11) is 3.37. The number of rotatable bonds is 3. The van der Waals surface area contributed by atoms with Gasteiger partial charge in [0.1, 0.15) is 0 Å². The third-order valence-electron chi connectivity index (χ3n) is 4.00. The van der Waals surface area contributed by atoms with Crippen molar-refractivity contribution >= 4 is 0 Å². The Hall–Kier alpha value is -1.22. The van der Waals surface area contributed by atoms with Crippen molar-refractivity contribution in [2.24, 2.45) is 5.73 Å². The highest BCUT2D eigenvalue weighted by atomic mass is 16.5. The molecule has 1 saturated carbocycles. The Morgan fingerprint density at radius 1 is 1.00 bits per heavy atom. The van der Waals surface area contributed by atoms with Crippen LogP contribution in [0.3, 0.4) is 0 Å². The summed E-state index contributed by atoms with van der Waals surface area (Å²) in [4.78, 5) is 0. The fraction of sp³-hybridized carbons (Fsp3) is 0.600. The van der Waals surface area contributed by atoms with Crippen LogP contribution in [-0.2, 0) is 5.54 Å². The molecule has 2 N–H and O–H groups in total. The molecule has 1 fully saturated rings. The quantitative estimate of drug-likeness (QED) is 0.895. The predicted octanol–water partition coefficient (Wildman–Crippen LogP) is 3.13. The lowest BCUT2D eigenvalue weighted by Gasteiger charge is -2.35. The molecule has 1 aromatic rings. The molecule has 18 heavy (non-hydrogen) atoms. The van der Waals surface area contributed by atoms with E-state index in [1.807, 2.05) is 6.92 Å². The number of ether oxygens (including phenoxy) is 2. The molecule has 0 bridgehead atoms. The highest BCUT2D eigenvalue weighted by Gasteiger charge is 2.33. The van der Waals surface area contributed by atoms with E-state index in [4.69, 9.17) is 15.2 Å². The summed E-state index contributed by atoms with van der Waals surface area (Å²) in [5.74, 6) is 1.62. The van der Waals surface area contributed by atoms with Crippen LogP contribution in [0.25, 0.3) is 0 Å². The summed E-state index contributed by atoms with van der Waals surface area (Å²) in [6.07, 6.45) is 5.71. The van der Waals surface area contributed by atoms with E-state index < -0.39 is 0 Å². The fourth-order valence-corrected chi connectivity index (χ4v) is 2.96. The normalized spacial score (nSPS) is 18.4. The summed E-state index contributed by atoms with van der Waals surface area (Å²) >= 11 is 0. The van der Waals surface area contributed by atoms with Crippen molar-refractivity contribution in [3.8, 4) is 11.5 Å². The molecule has 2 rings (SSSR count). The van der Waals surface area contributed by atoms with Crippen LogP contribution in [0.15, 0.2) is 12.1 Å². The standard InChI is InChI=1S/C15H23NO2/c1-11-7-8-12(14(18-3)13(11)17-2)15(16)9-5-4-6-10-15/h7-8H,4-6,9-10,16H2,1-3H3. The van der Waals surface area contributed by atoms with Crippen LogP contribution in [0.4, 0.5) is 0 Å². The number of aryl methyl sites for hydroxylation is 1. The van der Waals surface area contributed by atoms with Crippen LogP contribution in [0, 0.1) is 6.92 Å². The third-order valence-corrected chi connectivity index (χ3v) is 4.00. The molecule has 3 heteroatoms. The molecule has 1 aliphatic carbocycles. The van der Waals surface area contributed by atoms with E-state index in [0.717, 1.165) is 35.5 Å². The Labute approximate surface area is 109 Å². The van der Waals surface area contributed by atoms with Crippen molar-refractivity contribution in [1.82, 2.24) is 0 Å². The molecule has 3 nitrogen and oxygen atoms in total. The van der Waals surface area contributed by atoms with Gasteiger partial charge in [-0.25, -0.2) is 0 Å². The van der Waals surface area contributed by atoms with Crippen LogP contribution in [-0.4, -0.2) is 14.2 Å². The first-order chi connectivity index (χ1) is 8.62. The van der Waals surface area contributed by atoms with Crippen molar-refractivity contribution < 1.29 is 9.47 Å². The summed E-state index contributed by atoms with van der Waals surface area (Å²) in [5.41, 5.74) is 8.51. The lowest BCUT2D eigenvalue weighted by Crippen LogP contribution is -2.39. The average molecular weight is 249 g/mol. The van der Waals surface area contributed by atoms with Gasteiger partial charge in [0.2, 0.25) is 0 Å². The number of nitrogens with two attached hydrogens (primary N) is 1. The Bertz CT molecular complexity index is 423. The summed E-state index contributed by atoms with van der Waals surface area (Å²) in [5, 5.41) is 0. The van der Waals surface area contributed by atoms with E-state index in [1.165, 1.54) is 19.3 Å². The van der Waals surface area contributed by atoms with Crippen LogP contribution in [0.2, 0.25) is 0 Å². The van der Waals surface area contributed by atoms with Crippen LogP contribution in [0.1, 0.15) is 43.2 Å². The SMILES string of the molecule is COc1c(C)ccc(C2(N)CCCCC2)c1OC. The van der Waals surface area contributed by atoms with Crippen LogP contribution < -0.4 is 15.2 Å². The van der Waals surface area contributed by atoms with Crippen molar-refractivity contribution in [1.29, 1.82) is 0 Å². The maximum Gasteiger partial charge on any atom is 0.166 e. The number of hydrogen-bond acceptors (Lipinski definition) is 3. The second-order valence-corrected chi connectivity index (χ2v) is 5.21. The van der Waals surface area contributed by atoms with Crippen LogP contribution >= 0.6 is 0 Å². The molecule has 0 aliphatic heterocycles. The zero-order valence-corrected chi connectivity index (χ0v) is 11.6. The molecule has 0 unspecified atom stereocenters. The maximum absolute atomic E-state index is 6.59. The zero-order valence-electron chi connectivity index (χ0n) is 11.6. The minimum Gasteiger partial charge on any atom is -0.493 e. The van der Waals surface area contributed by atoms with Gasteiger partial charge < -0.3 is 15.2 Å². The zero-order chi connectivity index (χ0) is 13.2. The molecule has 1 aromatic carbocycles. The lowest BCUT2D eigenvalue weighted by molar-refractivity contribution is 0.281.